The summed E-state index contributed by atoms with van der Waals surface area (Å²) >= 11 is 0. The molecule has 8 heteroatoms. The Morgan fingerprint density at radius 2 is 1.92 bits per heavy atom. The molecule has 1 N–H and O–H groups in total. The van der Waals surface area contributed by atoms with Crippen LogP contribution in [0.25, 0.3) is 0 Å². The number of anilines is 3. The highest BCUT2D eigenvalue weighted by Crippen LogP contribution is 2.40. The van der Waals surface area contributed by atoms with Crippen molar-refractivity contribution in [2.24, 2.45) is 0 Å². The Morgan fingerprint density at radius 1 is 1.08 bits per heavy atom. The summed E-state index contributed by atoms with van der Waals surface area (Å²) < 4.78 is 11.8. The van der Waals surface area contributed by atoms with E-state index in [1.807, 2.05) is 11.1 Å². The fourth-order valence-corrected chi connectivity index (χ4v) is 6.10. The zero-order chi connectivity index (χ0) is 24.5. The Morgan fingerprint density at radius 3 is 2.72 bits per heavy atom. The first kappa shape index (κ1) is 23.3. The summed E-state index contributed by atoms with van der Waals surface area (Å²) in [6, 6.07) is 9.16. The van der Waals surface area contributed by atoms with Gasteiger partial charge in [-0.3, -0.25) is 9.69 Å². The number of fused-ring (bicyclic) bond motifs is 2. The summed E-state index contributed by atoms with van der Waals surface area (Å²) in [5, 5.41) is 3.59. The lowest BCUT2D eigenvalue weighted by Crippen LogP contribution is -2.42. The van der Waals surface area contributed by atoms with Crippen molar-refractivity contribution in [2.75, 3.05) is 62.7 Å². The lowest BCUT2D eigenvalue weighted by atomic mass is 9.88. The fraction of sp³-hybridized carbons (Fsp3) is 0.500. The number of morpholine rings is 1. The van der Waals surface area contributed by atoms with E-state index in [2.05, 4.69) is 50.9 Å². The van der Waals surface area contributed by atoms with Gasteiger partial charge in [-0.2, -0.15) is 0 Å². The van der Waals surface area contributed by atoms with E-state index in [1.165, 1.54) is 17.3 Å². The number of hydrogen-bond donors (Lipinski definition) is 1. The molecule has 0 radical (unpaired) electrons. The fourth-order valence-electron chi connectivity index (χ4n) is 6.10. The van der Waals surface area contributed by atoms with Gasteiger partial charge < -0.3 is 24.6 Å². The Bertz CT molecular complexity index is 1120. The number of nitrogens with one attached hydrogen (secondary N) is 1. The molecule has 3 saturated heterocycles. The molecule has 0 aliphatic carbocycles. The SMILES string of the molecule is C=CC(=O)N1CC[C@H](N2CCC(c3ccc4c(c3)Nc3nccc(N5CCOCC5)c3CO4)CC2)C1. The van der Waals surface area contributed by atoms with Crippen LogP contribution in [0.15, 0.2) is 43.1 Å². The van der Waals surface area contributed by atoms with Crippen molar-refractivity contribution < 1.29 is 14.3 Å². The second-order valence-corrected chi connectivity index (χ2v) is 10.2. The van der Waals surface area contributed by atoms with Gasteiger partial charge in [0.1, 0.15) is 18.2 Å². The average molecular weight is 490 g/mol. The number of pyridine rings is 1. The van der Waals surface area contributed by atoms with Crippen LogP contribution in [0.5, 0.6) is 5.75 Å². The highest BCUT2D eigenvalue weighted by atomic mass is 16.5. The first-order valence-electron chi connectivity index (χ1n) is 13.2. The lowest BCUT2D eigenvalue weighted by Gasteiger charge is -2.36. The molecule has 190 valence electrons. The molecule has 8 nitrogen and oxygen atoms in total. The van der Waals surface area contributed by atoms with E-state index in [1.54, 1.807) is 0 Å². The van der Waals surface area contributed by atoms with Gasteiger partial charge in [0.2, 0.25) is 5.91 Å². The van der Waals surface area contributed by atoms with Gasteiger partial charge in [0, 0.05) is 44.1 Å². The quantitative estimate of drug-likeness (QED) is 0.659. The molecule has 1 amide bonds. The van der Waals surface area contributed by atoms with Crippen LogP contribution in [0.1, 0.15) is 36.3 Å². The number of rotatable bonds is 4. The Labute approximate surface area is 212 Å². The van der Waals surface area contributed by atoms with Gasteiger partial charge >= 0.3 is 0 Å². The topological polar surface area (TPSA) is 70.2 Å². The largest absolute Gasteiger partial charge is 0.487 e. The minimum absolute atomic E-state index is 0.0558. The van der Waals surface area contributed by atoms with Gasteiger partial charge in [-0.15, -0.1) is 0 Å². The van der Waals surface area contributed by atoms with Crippen molar-refractivity contribution in [1.82, 2.24) is 14.8 Å². The minimum atomic E-state index is 0.0558. The molecule has 2 aromatic rings. The number of piperidine rings is 1. The summed E-state index contributed by atoms with van der Waals surface area (Å²) in [6.45, 7) is 11.2. The predicted octanol–water partition coefficient (Wildman–Crippen LogP) is 3.52. The first-order chi connectivity index (χ1) is 17.7. The van der Waals surface area contributed by atoms with Crippen LogP contribution >= 0.6 is 0 Å². The summed E-state index contributed by atoms with van der Waals surface area (Å²) in [4.78, 5) is 23.5. The summed E-state index contributed by atoms with van der Waals surface area (Å²) in [5.74, 6) is 2.33. The number of nitrogens with zero attached hydrogens (tertiary/aromatic N) is 4. The maximum Gasteiger partial charge on any atom is 0.246 e. The van der Waals surface area contributed by atoms with E-state index in [-0.39, 0.29) is 5.91 Å². The van der Waals surface area contributed by atoms with Gasteiger partial charge in [0.25, 0.3) is 0 Å². The third kappa shape index (κ3) is 4.55. The van der Waals surface area contributed by atoms with Crippen molar-refractivity contribution in [1.29, 1.82) is 0 Å². The molecule has 0 bridgehead atoms. The summed E-state index contributed by atoms with van der Waals surface area (Å²) in [7, 11) is 0. The number of aromatic nitrogens is 1. The molecular weight excluding hydrogens is 454 g/mol. The molecule has 1 atom stereocenters. The van der Waals surface area contributed by atoms with Gasteiger partial charge in [0.05, 0.1) is 24.5 Å². The standard InChI is InChI=1S/C28H35N5O3/c1-2-27(34)33-12-8-22(18-33)31-10-6-20(7-11-31)21-3-4-26-24(17-21)30-28-23(19-36-26)25(5-9-29-28)32-13-15-35-16-14-32/h2-5,9,17,20,22H,1,6-8,10-16,18-19H2,(H,29,30)/t22-/m0/s1. The molecule has 1 aromatic heterocycles. The number of carbonyl (C=O) groups excluding carboxylic acids is 1. The second kappa shape index (κ2) is 10.1. The van der Waals surface area contributed by atoms with Crippen LogP contribution in [-0.4, -0.2) is 79.2 Å². The summed E-state index contributed by atoms with van der Waals surface area (Å²) in [5.41, 5.74) is 4.63. The van der Waals surface area contributed by atoms with E-state index in [0.717, 1.165) is 94.6 Å². The Kier molecular flexibility index (Phi) is 6.54. The number of amides is 1. The van der Waals surface area contributed by atoms with Crippen LogP contribution in [0, 0.1) is 0 Å². The monoisotopic (exact) mass is 489 g/mol. The van der Waals surface area contributed by atoms with Crippen LogP contribution in [-0.2, 0) is 16.1 Å². The zero-order valence-corrected chi connectivity index (χ0v) is 20.8. The van der Waals surface area contributed by atoms with Crippen molar-refractivity contribution in [2.45, 2.75) is 37.8 Å². The molecule has 1 aromatic carbocycles. The number of hydrogen-bond acceptors (Lipinski definition) is 7. The maximum atomic E-state index is 12.0. The first-order valence-corrected chi connectivity index (χ1v) is 13.2. The summed E-state index contributed by atoms with van der Waals surface area (Å²) in [6.07, 6.45) is 6.63. The predicted molar refractivity (Wildman–Crippen MR) is 140 cm³/mol. The van der Waals surface area contributed by atoms with Crippen LogP contribution < -0.4 is 15.0 Å². The van der Waals surface area contributed by atoms with Crippen molar-refractivity contribution in [3.63, 3.8) is 0 Å². The third-order valence-electron chi connectivity index (χ3n) is 8.18. The molecule has 4 aliphatic rings. The average Bonchev–Trinajstić information content (AvgIpc) is 3.35. The molecule has 4 aliphatic heterocycles. The normalized spacial score (nSPS) is 22.7. The van der Waals surface area contributed by atoms with Crippen molar-refractivity contribution in [3.8, 4) is 5.75 Å². The van der Waals surface area contributed by atoms with E-state index in [0.29, 0.717) is 18.6 Å². The number of likely N-dealkylation sites (tertiary alicyclic amines) is 2. The van der Waals surface area contributed by atoms with Crippen LogP contribution in [0.3, 0.4) is 0 Å². The molecule has 0 unspecified atom stereocenters. The number of carbonyl (C=O) groups is 1. The maximum absolute atomic E-state index is 12.0. The van der Waals surface area contributed by atoms with Crippen LogP contribution in [0.2, 0.25) is 0 Å². The van der Waals surface area contributed by atoms with E-state index < -0.39 is 0 Å². The second-order valence-electron chi connectivity index (χ2n) is 10.2. The lowest BCUT2D eigenvalue weighted by molar-refractivity contribution is -0.125. The van der Waals surface area contributed by atoms with Gasteiger partial charge in [-0.05, 0) is 68.1 Å². The molecule has 3 fully saturated rings. The van der Waals surface area contributed by atoms with Crippen molar-refractivity contribution >= 4 is 23.1 Å². The van der Waals surface area contributed by atoms with E-state index in [9.17, 15) is 4.79 Å². The van der Waals surface area contributed by atoms with Crippen molar-refractivity contribution in [3.05, 3.63) is 54.2 Å². The van der Waals surface area contributed by atoms with Gasteiger partial charge in [-0.25, -0.2) is 4.98 Å². The highest BCUT2D eigenvalue weighted by Gasteiger charge is 2.32. The van der Waals surface area contributed by atoms with Gasteiger partial charge in [0.15, 0.2) is 0 Å². The molecule has 36 heavy (non-hydrogen) atoms. The Balaban J connectivity index is 1.13. The molecule has 5 heterocycles. The highest BCUT2D eigenvalue weighted by molar-refractivity contribution is 5.87. The van der Waals surface area contributed by atoms with Gasteiger partial charge in [-0.1, -0.05) is 12.6 Å². The molecule has 0 saturated carbocycles. The molecular formula is C28H35N5O3. The molecule has 6 rings (SSSR count). The smallest absolute Gasteiger partial charge is 0.246 e. The van der Waals surface area contributed by atoms with Crippen LogP contribution in [0.4, 0.5) is 17.2 Å². The minimum Gasteiger partial charge on any atom is -0.487 e. The van der Waals surface area contributed by atoms with E-state index in [4.69, 9.17) is 9.47 Å². The van der Waals surface area contributed by atoms with E-state index >= 15 is 0 Å². The molecule has 0 spiro atoms. The number of benzene rings is 1. The zero-order valence-electron chi connectivity index (χ0n) is 20.8. The third-order valence-corrected chi connectivity index (χ3v) is 8.18. The Hall–Kier alpha value is -3.10. The number of ether oxygens (including phenoxy) is 2.